The van der Waals surface area contributed by atoms with Crippen molar-refractivity contribution in [1.82, 2.24) is 0 Å². The number of benzene rings is 1. The van der Waals surface area contributed by atoms with Crippen LogP contribution in [0.4, 0.5) is 0 Å². The molecule has 2 aliphatic rings. The Labute approximate surface area is 249 Å². The Bertz CT molecular complexity index is 1070. The van der Waals surface area contributed by atoms with Gasteiger partial charge in [0.15, 0.2) is 11.5 Å². The minimum atomic E-state index is -1.68. The maximum absolute atomic E-state index is 12.1. The smallest absolute Gasteiger partial charge is 0.338 e. The van der Waals surface area contributed by atoms with Gasteiger partial charge in [-0.25, -0.2) is 4.79 Å². The van der Waals surface area contributed by atoms with Gasteiger partial charge in [-0.05, 0) is 39.8 Å². The van der Waals surface area contributed by atoms with E-state index in [-0.39, 0.29) is 29.4 Å². The third-order valence-electron chi connectivity index (χ3n) is 7.84. The van der Waals surface area contributed by atoms with Crippen molar-refractivity contribution in [3.63, 3.8) is 0 Å². The van der Waals surface area contributed by atoms with Crippen LogP contribution in [-0.4, -0.2) is 148 Å². The Morgan fingerprint density at radius 2 is 1.21 bits per heavy atom. The first-order valence-electron chi connectivity index (χ1n) is 13.7. The highest BCUT2D eigenvalue weighted by molar-refractivity contribution is 5.91. The van der Waals surface area contributed by atoms with Gasteiger partial charge in [-0.2, -0.15) is 0 Å². The van der Waals surface area contributed by atoms with Crippen LogP contribution in [0.2, 0.25) is 0 Å². The second kappa shape index (κ2) is 13.8. The minimum absolute atomic E-state index is 0.0654. The summed E-state index contributed by atoms with van der Waals surface area (Å²) in [5.74, 6) is -0.351. The molecule has 0 bridgehead atoms. The third kappa shape index (κ3) is 7.17. The molecule has 7 N–H and O–H groups in total. The quantitative estimate of drug-likeness (QED) is 0.135. The summed E-state index contributed by atoms with van der Waals surface area (Å²) >= 11 is 0. The number of carbonyl (C=O) groups is 1. The zero-order valence-corrected chi connectivity index (χ0v) is 25.2. The van der Waals surface area contributed by atoms with Crippen molar-refractivity contribution in [3.05, 3.63) is 17.7 Å². The van der Waals surface area contributed by atoms with Gasteiger partial charge in [0.25, 0.3) is 0 Å². The van der Waals surface area contributed by atoms with Crippen molar-refractivity contribution in [2.24, 2.45) is 0 Å². The van der Waals surface area contributed by atoms with Gasteiger partial charge >= 0.3 is 5.97 Å². The average Bonchev–Trinajstić information content (AvgIpc) is 2.97. The van der Waals surface area contributed by atoms with Crippen molar-refractivity contribution in [2.75, 3.05) is 34.5 Å². The summed E-state index contributed by atoms with van der Waals surface area (Å²) < 4.78 is 39.4. The molecule has 10 unspecified atom stereocenters. The first-order valence-corrected chi connectivity index (χ1v) is 13.7. The highest BCUT2D eigenvalue weighted by Gasteiger charge is 2.53. The van der Waals surface area contributed by atoms with E-state index in [1.54, 1.807) is 13.8 Å². The molecule has 2 heterocycles. The molecular weight excluding hydrogens is 576 g/mol. The van der Waals surface area contributed by atoms with Gasteiger partial charge in [0.2, 0.25) is 5.75 Å². The van der Waals surface area contributed by atoms with Crippen LogP contribution in [0.25, 0.3) is 0 Å². The molecule has 0 spiro atoms. The summed E-state index contributed by atoms with van der Waals surface area (Å²) in [6.45, 7) is 5.19. The molecule has 0 aliphatic carbocycles. The second-order valence-electron chi connectivity index (χ2n) is 11.6. The van der Waals surface area contributed by atoms with E-state index in [4.69, 9.17) is 33.2 Å². The lowest BCUT2D eigenvalue weighted by atomic mass is 9.86. The van der Waals surface area contributed by atoms with Crippen molar-refractivity contribution >= 4 is 5.97 Å². The molecule has 246 valence electrons. The number of aliphatic hydroxyl groups excluding tert-OH is 7. The van der Waals surface area contributed by atoms with E-state index in [1.807, 2.05) is 0 Å². The lowest BCUT2D eigenvalue weighted by Gasteiger charge is -2.48. The third-order valence-corrected chi connectivity index (χ3v) is 7.84. The number of methoxy groups -OCH3 is 3. The molecule has 0 aromatic heterocycles. The molecule has 10 atom stereocenters. The van der Waals surface area contributed by atoms with E-state index in [9.17, 15) is 40.5 Å². The SMILES string of the molecule is COC(=O)c1cc(OC)c(OC(C)(C)C2OC(COC(C)(C)C3OC(CO)C(O)C(O)C3O)C(O)C(O)C2O)c(OC)c1. The van der Waals surface area contributed by atoms with Gasteiger partial charge in [-0.1, -0.05) is 0 Å². The summed E-state index contributed by atoms with van der Waals surface area (Å²) in [5, 5.41) is 72.8. The van der Waals surface area contributed by atoms with Gasteiger partial charge in [0, 0.05) is 0 Å². The Balaban J connectivity index is 1.83. The Kier molecular flexibility index (Phi) is 11.3. The number of hydrogen-bond acceptors (Lipinski definition) is 15. The fourth-order valence-corrected chi connectivity index (χ4v) is 5.26. The first kappa shape index (κ1) is 35.2. The van der Waals surface area contributed by atoms with E-state index in [0.717, 1.165) is 0 Å². The first-order chi connectivity index (χ1) is 20.0. The number of esters is 1. The van der Waals surface area contributed by atoms with E-state index >= 15 is 0 Å². The molecule has 0 saturated carbocycles. The predicted molar refractivity (Wildman–Crippen MR) is 146 cm³/mol. The van der Waals surface area contributed by atoms with Crippen molar-refractivity contribution in [1.29, 1.82) is 0 Å². The van der Waals surface area contributed by atoms with Crippen LogP contribution in [-0.2, 0) is 18.9 Å². The number of ether oxygens (including phenoxy) is 7. The van der Waals surface area contributed by atoms with E-state index in [2.05, 4.69) is 0 Å². The Morgan fingerprint density at radius 1 is 0.744 bits per heavy atom. The van der Waals surface area contributed by atoms with Crippen molar-refractivity contribution in [2.45, 2.75) is 99.9 Å². The normalized spacial score (nSPS) is 33.5. The summed E-state index contributed by atoms with van der Waals surface area (Å²) in [5.41, 5.74) is -2.64. The number of hydrogen-bond donors (Lipinski definition) is 7. The van der Waals surface area contributed by atoms with Crippen LogP contribution in [0, 0.1) is 0 Å². The molecule has 2 aliphatic heterocycles. The summed E-state index contributed by atoms with van der Waals surface area (Å²) in [7, 11) is 3.93. The molecule has 3 rings (SSSR count). The number of carbonyl (C=O) groups excluding carboxylic acids is 1. The van der Waals surface area contributed by atoms with Crippen molar-refractivity contribution < 1.29 is 73.7 Å². The van der Waals surface area contributed by atoms with Gasteiger partial charge in [-0.3, -0.25) is 0 Å². The maximum Gasteiger partial charge on any atom is 0.338 e. The second-order valence-corrected chi connectivity index (χ2v) is 11.6. The Hall–Kier alpha value is -2.31. The van der Waals surface area contributed by atoms with Gasteiger partial charge in [0.05, 0.1) is 45.7 Å². The summed E-state index contributed by atoms with van der Waals surface area (Å²) in [6.07, 6.45) is -14.5. The van der Waals surface area contributed by atoms with Gasteiger partial charge < -0.3 is 68.9 Å². The van der Waals surface area contributed by atoms with E-state index < -0.39 is 84.8 Å². The summed E-state index contributed by atoms with van der Waals surface area (Å²) in [6, 6.07) is 2.77. The van der Waals surface area contributed by atoms with E-state index in [1.165, 1.54) is 47.3 Å². The molecule has 1 aromatic carbocycles. The van der Waals surface area contributed by atoms with E-state index in [0.29, 0.717) is 0 Å². The standard InChI is InChI=1S/C28H44O15/c1-27(2,24-21(34)19(32)17(30)15(10-29)41-24)40-11-16-18(31)20(33)22(35)25(42-16)28(3,4)43-23-13(37-5)8-12(26(36)39-7)9-14(23)38-6/h8-9,15-22,24-25,29-35H,10-11H2,1-7H3. The van der Waals surface area contributed by atoms with Crippen LogP contribution in [0.5, 0.6) is 17.2 Å². The topological polar surface area (TPSA) is 223 Å². The van der Waals surface area contributed by atoms with Crippen LogP contribution >= 0.6 is 0 Å². The van der Waals surface area contributed by atoms with Crippen LogP contribution in [0.1, 0.15) is 38.1 Å². The average molecular weight is 621 g/mol. The molecule has 0 amide bonds. The zero-order valence-electron chi connectivity index (χ0n) is 25.2. The molecule has 2 saturated heterocycles. The molecule has 43 heavy (non-hydrogen) atoms. The molecule has 0 radical (unpaired) electrons. The zero-order chi connectivity index (χ0) is 32.4. The molecule has 15 heteroatoms. The molecule has 15 nitrogen and oxygen atoms in total. The maximum atomic E-state index is 12.1. The van der Waals surface area contributed by atoms with Gasteiger partial charge in [0.1, 0.15) is 66.6 Å². The summed E-state index contributed by atoms with van der Waals surface area (Å²) in [4.78, 5) is 12.1. The van der Waals surface area contributed by atoms with Crippen molar-refractivity contribution in [3.8, 4) is 17.2 Å². The molecule has 2 fully saturated rings. The van der Waals surface area contributed by atoms with Gasteiger partial charge in [-0.15, -0.1) is 0 Å². The fraction of sp³-hybridized carbons (Fsp3) is 0.750. The van der Waals surface area contributed by atoms with Crippen LogP contribution in [0.3, 0.4) is 0 Å². The van der Waals surface area contributed by atoms with Crippen LogP contribution in [0.15, 0.2) is 12.1 Å². The largest absolute Gasteiger partial charge is 0.493 e. The van der Waals surface area contributed by atoms with Crippen LogP contribution < -0.4 is 14.2 Å². The highest BCUT2D eigenvalue weighted by atomic mass is 16.6. The highest BCUT2D eigenvalue weighted by Crippen LogP contribution is 2.43. The Morgan fingerprint density at radius 3 is 1.67 bits per heavy atom. The lowest BCUT2D eigenvalue weighted by molar-refractivity contribution is -0.291. The fourth-order valence-electron chi connectivity index (χ4n) is 5.26. The minimum Gasteiger partial charge on any atom is -0.493 e. The number of rotatable bonds is 11. The lowest BCUT2D eigenvalue weighted by Crippen LogP contribution is -2.66. The molecular formula is C28H44O15. The molecule has 1 aromatic rings. The monoisotopic (exact) mass is 620 g/mol. The predicted octanol–water partition coefficient (Wildman–Crippen LogP) is -1.86. The number of aliphatic hydroxyl groups is 7.